The van der Waals surface area contributed by atoms with Crippen LogP contribution in [0.2, 0.25) is 0 Å². The molecule has 2 nitrogen and oxygen atoms in total. The lowest BCUT2D eigenvalue weighted by Gasteiger charge is -2.33. The van der Waals surface area contributed by atoms with Gasteiger partial charge in [-0.2, -0.15) is 0 Å². The first-order valence-electron chi connectivity index (χ1n) is 5.64. The van der Waals surface area contributed by atoms with Crippen LogP contribution in [0.15, 0.2) is 0 Å². The molecule has 0 aliphatic carbocycles. The number of rotatable bonds is 4. The third-order valence-corrected chi connectivity index (χ3v) is 3.32. The Kier molecular flexibility index (Phi) is 4.74. The van der Waals surface area contributed by atoms with Gasteiger partial charge in [-0.25, -0.2) is 0 Å². The van der Waals surface area contributed by atoms with Crippen molar-refractivity contribution in [2.45, 2.75) is 45.1 Å². The summed E-state index contributed by atoms with van der Waals surface area (Å²) in [6.45, 7) is 4.39. The highest BCUT2D eigenvalue weighted by atomic mass is 15.1. The molecule has 13 heavy (non-hydrogen) atoms. The highest BCUT2D eigenvalue weighted by molar-refractivity contribution is 4.74. The van der Waals surface area contributed by atoms with E-state index in [4.69, 9.17) is 5.73 Å². The first-order valence-corrected chi connectivity index (χ1v) is 5.64. The van der Waals surface area contributed by atoms with Crippen molar-refractivity contribution < 1.29 is 0 Å². The summed E-state index contributed by atoms with van der Waals surface area (Å²) in [7, 11) is 2.26. The van der Waals surface area contributed by atoms with E-state index < -0.39 is 0 Å². The highest BCUT2D eigenvalue weighted by Crippen LogP contribution is 2.20. The minimum Gasteiger partial charge on any atom is -0.330 e. The average molecular weight is 184 g/mol. The van der Waals surface area contributed by atoms with Crippen LogP contribution in [0.4, 0.5) is 0 Å². The van der Waals surface area contributed by atoms with Crippen molar-refractivity contribution >= 4 is 0 Å². The quantitative estimate of drug-likeness (QED) is 0.722. The smallest absolute Gasteiger partial charge is 0.00923 e. The van der Waals surface area contributed by atoms with Gasteiger partial charge in [-0.1, -0.05) is 13.3 Å². The van der Waals surface area contributed by atoms with Crippen molar-refractivity contribution in [1.29, 1.82) is 0 Å². The van der Waals surface area contributed by atoms with Crippen LogP contribution in [0.3, 0.4) is 0 Å². The molecule has 1 aliphatic rings. The Balaban J connectivity index is 2.18. The largest absolute Gasteiger partial charge is 0.330 e. The molecule has 1 saturated heterocycles. The molecule has 0 bridgehead atoms. The van der Waals surface area contributed by atoms with E-state index in [0.29, 0.717) is 5.92 Å². The zero-order valence-electron chi connectivity index (χ0n) is 9.13. The average Bonchev–Trinajstić information content (AvgIpc) is 2.16. The van der Waals surface area contributed by atoms with E-state index in [2.05, 4.69) is 18.9 Å². The lowest BCUT2D eigenvalue weighted by atomic mass is 9.95. The van der Waals surface area contributed by atoms with Crippen molar-refractivity contribution in [3.63, 3.8) is 0 Å². The van der Waals surface area contributed by atoms with Crippen molar-refractivity contribution in [3.8, 4) is 0 Å². The maximum Gasteiger partial charge on any atom is 0.00923 e. The Morgan fingerprint density at radius 1 is 1.46 bits per heavy atom. The summed E-state index contributed by atoms with van der Waals surface area (Å²) in [5.74, 6) is 0.704. The van der Waals surface area contributed by atoms with Gasteiger partial charge in [-0.05, 0) is 51.7 Å². The van der Waals surface area contributed by atoms with E-state index in [9.17, 15) is 0 Å². The topological polar surface area (TPSA) is 29.3 Å². The predicted octanol–water partition coefficient (Wildman–Crippen LogP) is 1.85. The Hall–Kier alpha value is -0.0800. The summed E-state index contributed by atoms with van der Waals surface area (Å²) in [4.78, 5) is 2.52. The van der Waals surface area contributed by atoms with Crippen molar-refractivity contribution in [3.05, 3.63) is 0 Å². The van der Waals surface area contributed by atoms with Gasteiger partial charge in [-0.3, -0.25) is 0 Å². The van der Waals surface area contributed by atoms with Crippen LogP contribution in [0.1, 0.15) is 39.0 Å². The molecule has 1 aliphatic heterocycles. The summed E-state index contributed by atoms with van der Waals surface area (Å²) in [6, 6.07) is 0.836. The third-order valence-electron chi connectivity index (χ3n) is 3.32. The Bertz CT molecular complexity index is 136. The number of hydrogen-bond acceptors (Lipinski definition) is 2. The van der Waals surface area contributed by atoms with Crippen LogP contribution < -0.4 is 5.73 Å². The number of nitrogens with zero attached hydrogens (tertiary/aromatic N) is 1. The zero-order chi connectivity index (χ0) is 9.68. The molecule has 2 heteroatoms. The fourth-order valence-electron chi connectivity index (χ4n) is 2.10. The van der Waals surface area contributed by atoms with Crippen LogP contribution in [0.25, 0.3) is 0 Å². The molecule has 2 unspecified atom stereocenters. The monoisotopic (exact) mass is 184 g/mol. The van der Waals surface area contributed by atoms with Gasteiger partial charge < -0.3 is 10.6 Å². The number of likely N-dealkylation sites (tertiary alicyclic amines) is 1. The fraction of sp³-hybridized carbons (Fsp3) is 1.00. The normalized spacial score (nSPS) is 27.5. The van der Waals surface area contributed by atoms with E-state index >= 15 is 0 Å². The molecule has 0 saturated carbocycles. The fourth-order valence-corrected chi connectivity index (χ4v) is 2.10. The van der Waals surface area contributed by atoms with Gasteiger partial charge in [0.15, 0.2) is 0 Å². The van der Waals surface area contributed by atoms with Crippen LogP contribution in [-0.4, -0.2) is 31.1 Å². The van der Waals surface area contributed by atoms with Crippen molar-refractivity contribution in [1.82, 2.24) is 4.90 Å². The molecule has 78 valence electrons. The summed E-state index contributed by atoms with van der Waals surface area (Å²) in [5, 5.41) is 0. The molecule has 1 heterocycles. The van der Waals surface area contributed by atoms with Crippen molar-refractivity contribution in [2.75, 3.05) is 20.1 Å². The molecule has 1 fully saturated rings. The summed E-state index contributed by atoms with van der Waals surface area (Å²) in [5.41, 5.74) is 5.61. The van der Waals surface area contributed by atoms with Crippen LogP contribution in [0.5, 0.6) is 0 Å². The summed E-state index contributed by atoms with van der Waals surface area (Å²) >= 11 is 0. The van der Waals surface area contributed by atoms with Crippen molar-refractivity contribution in [2.24, 2.45) is 11.7 Å². The second-order valence-corrected chi connectivity index (χ2v) is 4.55. The minimum absolute atomic E-state index is 0.704. The standard InChI is InChI=1S/C11H24N2/c1-10(9-12)6-7-11-5-3-4-8-13(11)2/h10-11H,3-9,12H2,1-2H3. The van der Waals surface area contributed by atoms with Gasteiger partial charge in [0.2, 0.25) is 0 Å². The molecular formula is C11H24N2. The number of piperidine rings is 1. The molecule has 2 N–H and O–H groups in total. The van der Waals surface area contributed by atoms with E-state index in [1.807, 2.05) is 0 Å². The second kappa shape index (κ2) is 5.61. The zero-order valence-corrected chi connectivity index (χ0v) is 9.13. The minimum atomic E-state index is 0.704. The SMILES string of the molecule is CC(CN)CCC1CCCCN1C. The molecule has 1 rings (SSSR count). The van der Waals surface area contributed by atoms with Crippen LogP contribution in [-0.2, 0) is 0 Å². The summed E-state index contributed by atoms with van der Waals surface area (Å²) < 4.78 is 0. The maximum absolute atomic E-state index is 5.61. The van der Waals surface area contributed by atoms with E-state index in [0.717, 1.165) is 12.6 Å². The number of hydrogen-bond donors (Lipinski definition) is 1. The van der Waals surface area contributed by atoms with Gasteiger partial charge >= 0.3 is 0 Å². The molecule has 0 aromatic carbocycles. The van der Waals surface area contributed by atoms with E-state index in [1.165, 1.54) is 38.6 Å². The third kappa shape index (κ3) is 3.65. The summed E-state index contributed by atoms with van der Waals surface area (Å²) in [6.07, 6.45) is 6.85. The number of nitrogens with two attached hydrogens (primary N) is 1. The van der Waals surface area contributed by atoms with Gasteiger partial charge in [0.05, 0.1) is 0 Å². The Morgan fingerprint density at radius 2 is 2.23 bits per heavy atom. The molecular weight excluding hydrogens is 160 g/mol. The van der Waals surface area contributed by atoms with Gasteiger partial charge in [0.25, 0.3) is 0 Å². The van der Waals surface area contributed by atoms with E-state index in [1.54, 1.807) is 0 Å². The molecule has 0 spiro atoms. The van der Waals surface area contributed by atoms with Gasteiger partial charge in [0, 0.05) is 6.04 Å². The van der Waals surface area contributed by atoms with Gasteiger partial charge in [-0.15, -0.1) is 0 Å². The molecule has 0 aromatic heterocycles. The molecule has 0 amide bonds. The van der Waals surface area contributed by atoms with E-state index in [-0.39, 0.29) is 0 Å². The van der Waals surface area contributed by atoms with Gasteiger partial charge in [0.1, 0.15) is 0 Å². The molecule has 0 radical (unpaired) electrons. The lowest BCUT2D eigenvalue weighted by Crippen LogP contribution is -2.36. The lowest BCUT2D eigenvalue weighted by molar-refractivity contribution is 0.169. The first-order chi connectivity index (χ1) is 6.24. The Labute approximate surface area is 82.5 Å². The molecule has 2 atom stereocenters. The highest BCUT2D eigenvalue weighted by Gasteiger charge is 2.18. The van der Waals surface area contributed by atoms with Crippen LogP contribution in [0, 0.1) is 5.92 Å². The van der Waals surface area contributed by atoms with Crippen LogP contribution >= 0.6 is 0 Å². The first kappa shape index (κ1) is 11.0. The maximum atomic E-state index is 5.61. The Morgan fingerprint density at radius 3 is 2.85 bits per heavy atom. The second-order valence-electron chi connectivity index (χ2n) is 4.55. The predicted molar refractivity (Wildman–Crippen MR) is 57.7 cm³/mol. The molecule has 0 aromatic rings.